The SMILES string of the molecule is CN(C)CC1CC(O)CN1C(=O)c1ccon1. The molecule has 2 atom stereocenters. The van der Waals surface area contributed by atoms with Crippen molar-refractivity contribution in [1.29, 1.82) is 0 Å². The summed E-state index contributed by atoms with van der Waals surface area (Å²) in [6.45, 7) is 1.10. The van der Waals surface area contributed by atoms with Crippen LogP contribution >= 0.6 is 0 Å². The first kappa shape index (κ1) is 12.1. The minimum atomic E-state index is -0.448. The van der Waals surface area contributed by atoms with Gasteiger partial charge in [-0.1, -0.05) is 5.16 Å². The summed E-state index contributed by atoms with van der Waals surface area (Å²) in [6.07, 6.45) is 1.54. The zero-order valence-corrected chi connectivity index (χ0v) is 10.0. The van der Waals surface area contributed by atoms with Gasteiger partial charge >= 0.3 is 0 Å². The zero-order valence-electron chi connectivity index (χ0n) is 10.0. The van der Waals surface area contributed by atoms with Crippen LogP contribution < -0.4 is 0 Å². The van der Waals surface area contributed by atoms with Crippen LogP contribution in [0.3, 0.4) is 0 Å². The molecule has 0 radical (unpaired) electrons. The zero-order chi connectivity index (χ0) is 12.4. The molecule has 1 aliphatic rings. The Morgan fingerprint density at radius 2 is 2.47 bits per heavy atom. The average Bonchev–Trinajstić information content (AvgIpc) is 2.85. The topological polar surface area (TPSA) is 69.8 Å². The number of aliphatic hydroxyl groups is 1. The molecule has 1 saturated heterocycles. The van der Waals surface area contributed by atoms with Crippen molar-refractivity contribution in [3.05, 3.63) is 18.0 Å². The van der Waals surface area contributed by atoms with Crippen molar-refractivity contribution in [2.24, 2.45) is 0 Å². The maximum Gasteiger partial charge on any atom is 0.276 e. The second kappa shape index (κ2) is 4.85. The van der Waals surface area contributed by atoms with E-state index in [2.05, 4.69) is 9.68 Å². The molecule has 1 aliphatic heterocycles. The summed E-state index contributed by atoms with van der Waals surface area (Å²) in [5, 5.41) is 13.3. The minimum absolute atomic E-state index is 0.0317. The van der Waals surface area contributed by atoms with Crippen LogP contribution in [0.4, 0.5) is 0 Å². The molecule has 2 heterocycles. The van der Waals surface area contributed by atoms with Crippen LogP contribution in [0.1, 0.15) is 16.9 Å². The molecular formula is C11H17N3O3. The maximum absolute atomic E-state index is 12.1. The van der Waals surface area contributed by atoms with E-state index in [1.165, 1.54) is 6.26 Å². The second-order valence-corrected chi connectivity index (χ2v) is 4.65. The molecule has 1 aromatic heterocycles. The molecule has 1 amide bonds. The molecule has 2 rings (SSSR count). The third kappa shape index (κ3) is 2.65. The Labute approximate surface area is 99.8 Å². The van der Waals surface area contributed by atoms with Gasteiger partial charge in [0.1, 0.15) is 6.26 Å². The van der Waals surface area contributed by atoms with E-state index in [1.807, 2.05) is 19.0 Å². The van der Waals surface area contributed by atoms with E-state index in [1.54, 1.807) is 11.0 Å². The van der Waals surface area contributed by atoms with Gasteiger partial charge in [-0.2, -0.15) is 0 Å². The van der Waals surface area contributed by atoms with E-state index in [9.17, 15) is 9.90 Å². The lowest BCUT2D eigenvalue weighted by Gasteiger charge is -2.25. The molecule has 17 heavy (non-hydrogen) atoms. The van der Waals surface area contributed by atoms with E-state index in [-0.39, 0.29) is 11.9 Å². The fourth-order valence-electron chi connectivity index (χ4n) is 2.21. The first-order valence-electron chi connectivity index (χ1n) is 5.62. The lowest BCUT2D eigenvalue weighted by molar-refractivity contribution is 0.0688. The Hall–Kier alpha value is -1.40. The van der Waals surface area contributed by atoms with Gasteiger partial charge in [0.25, 0.3) is 5.91 Å². The van der Waals surface area contributed by atoms with Crippen LogP contribution in [0.15, 0.2) is 16.9 Å². The number of carbonyl (C=O) groups is 1. The fraction of sp³-hybridized carbons (Fsp3) is 0.636. The van der Waals surface area contributed by atoms with Gasteiger partial charge in [-0.3, -0.25) is 4.79 Å². The maximum atomic E-state index is 12.1. The number of likely N-dealkylation sites (N-methyl/N-ethyl adjacent to an activating group) is 1. The summed E-state index contributed by atoms with van der Waals surface area (Å²) in [7, 11) is 3.90. The minimum Gasteiger partial charge on any atom is -0.391 e. The van der Waals surface area contributed by atoms with E-state index in [0.717, 1.165) is 6.54 Å². The van der Waals surface area contributed by atoms with Gasteiger partial charge in [0.2, 0.25) is 0 Å². The number of carbonyl (C=O) groups excluding carboxylic acids is 1. The molecule has 2 unspecified atom stereocenters. The van der Waals surface area contributed by atoms with Gasteiger partial charge in [0.05, 0.1) is 6.10 Å². The highest BCUT2D eigenvalue weighted by molar-refractivity contribution is 5.92. The summed E-state index contributed by atoms with van der Waals surface area (Å²) in [5.74, 6) is -0.179. The first-order valence-corrected chi connectivity index (χ1v) is 5.62. The lowest BCUT2D eigenvalue weighted by atomic mass is 10.2. The highest BCUT2D eigenvalue weighted by atomic mass is 16.5. The van der Waals surface area contributed by atoms with Gasteiger partial charge in [-0.15, -0.1) is 0 Å². The van der Waals surface area contributed by atoms with E-state index in [4.69, 9.17) is 0 Å². The van der Waals surface area contributed by atoms with E-state index < -0.39 is 6.10 Å². The number of aromatic nitrogens is 1. The highest BCUT2D eigenvalue weighted by Gasteiger charge is 2.35. The predicted octanol–water partition coefficient (Wildman–Crippen LogP) is -0.188. The molecule has 1 aromatic rings. The van der Waals surface area contributed by atoms with Crippen LogP contribution in [0.25, 0.3) is 0 Å². The van der Waals surface area contributed by atoms with Crippen molar-refractivity contribution in [1.82, 2.24) is 15.0 Å². The summed E-state index contributed by atoms with van der Waals surface area (Å²) in [4.78, 5) is 15.8. The number of nitrogens with zero attached hydrogens (tertiary/aromatic N) is 3. The molecule has 1 N–H and O–H groups in total. The number of rotatable bonds is 3. The largest absolute Gasteiger partial charge is 0.391 e. The Morgan fingerprint density at radius 1 is 1.71 bits per heavy atom. The van der Waals surface area contributed by atoms with Crippen LogP contribution in [0, 0.1) is 0 Å². The summed E-state index contributed by atoms with van der Waals surface area (Å²) < 4.78 is 4.67. The lowest BCUT2D eigenvalue weighted by Crippen LogP contribution is -2.41. The van der Waals surface area contributed by atoms with Gasteiger partial charge in [-0.25, -0.2) is 0 Å². The fourth-order valence-corrected chi connectivity index (χ4v) is 2.21. The number of hydrogen-bond acceptors (Lipinski definition) is 5. The van der Waals surface area contributed by atoms with E-state index >= 15 is 0 Å². The molecule has 0 bridgehead atoms. The number of amides is 1. The normalized spacial score (nSPS) is 24.6. The third-order valence-electron chi connectivity index (χ3n) is 2.89. The van der Waals surface area contributed by atoms with Gasteiger partial charge < -0.3 is 19.4 Å². The van der Waals surface area contributed by atoms with E-state index in [0.29, 0.717) is 18.7 Å². The number of aliphatic hydroxyl groups excluding tert-OH is 1. The Balaban J connectivity index is 2.10. The Morgan fingerprint density at radius 3 is 3.06 bits per heavy atom. The van der Waals surface area contributed by atoms with Crippen LogP contribution in [0.2, 0.25) is 0 Å². The second-order valence-electron chi connectivity index (χ2n) is 4.65. The molecule has 1 fully saturated rings. The van der Waals surface area contributed by atoms with Crippen LogP contribution in [0.5, 0.6) is 0 Å². The number of β-amino-alcohol motifs (C(OH)–C–C–N with tert-alkyl or cyclic N) is 1. The van der Waals surface area contributed by atoms with Crippen molar-refractivity contribution >= 4 is 5.91 Å². The quantitative estimate of drug-likeness (QED) is 0.792. The molecule has 6 heteroatoms. The highest BCUT2D eigenvalue weighted by Crippen LogP contribution is 2.20. The van der Waals surface area contributed by atoms with Crippen LogP contribution in [-0.2, 0) is 0 Å². The molecule has 6 nitrogen and oxygen atoms in total. The Kier molecular flexibility index (Phi) is 3.44. The molecule has 0 saturated carbocycles. The molecule has 0 aromatic carbocycles. The standard InChI is InChI=1S/C11H17N3O3/c1-13(2)6-8-5-9(15)7-14(8)11(16)10-3-4-17-12-10/h3-4,8-9,15H,5-7H2,1-2H3. The van der Waals surface area contributed by atoms with Crippen LogP contribution in [-0.4, -0.2) is 65.3 Å². The average molecular weight is 239 g/mol. The number of likely N-dealkylation sites (tertiary alicyclic amines) is 1. The van der Waals surface area contributed by atoms with Gasteiger partial charge in [0, 0.05) is 25.2 Å². The molecule has 0 spiro atoms. The number of hydrogen-bond donors (Lipinski definition) is 1. The predicted molar refractivity (Wildman–Crippen MR) is 60.5 cm³/mol. The van der Waals surface area contributed by atoms with Crippen molar-refractivity contribution in [2.45, 2.75) is 18.6 Å². The van der Waals surface area contributed by atoms with Gasteiger partial charge in [0.15, 0.2) is 5.69 Å². The monoisotopic (exact) mass is 239 g/mol. The molecule has 0 aliphatic carbocycles. The summed E-state index contributed by atoms with van der Waals surface area (Å²) in [6, 6.07) is 1.57. The van der Waals surface area contributed by atoms with Crippen molar-refractivity contribution in [3.63, 3.8) is 0 Å². The molecular weight excluding hydrogens is 222 g/mol. The molecule has 94 valence electrons. The third-order valence-corrected chi connectivity index (χ3v) is 2.89. The smallest absolute Gasteiger partial charge is 0.276 e. The van der Waals surface area contributed by atoms with Crippen molar-refractivity contribution in [3.8, 4) is 0 Å². The summed E-state index contributed by atoms with van der Waals surface area (Å²) in [5.41, 5.74) is 0.294. The van der Waals surface area contributed by atoms with Crippen molar-refractivity contribution in [2.75, 3.05) is 27.2 Å². The Bertz CT molecular complexity index is 377. The first-order chi connectivity index (χ1) is 8.08. The van der Waals surface area contributed by atoms with Gasteiger partial charge in [-0.05, 0) is 20.5 Å². The summed E-state index contributed by atoms with van der Waals surface area (Å²) >= 11 is 0. The van der Waals surface area contributed by atoms with Crippen molar-refractivity contribution < 1.29 is 14.4 Å².